The molecule has 0 aliphatic rings. The highest BCUT2D eigenvalue weighted by Crippen LogP contribution is 2.13. The van der Waals surface area contributed by atoms with Gasteiger partial charge in [-0.3, -0.25) is 9.59 Å². The summed E-state index contributed by atoms with van der Waals surface area (Å²) in [5.74, 6) is -0.218. The highest BCUT2D eigenvalue weighted by Gasteiger charge is 2.25. The van der Waals surface area contributed by atoms with Crippen molar-refractivity contribution in [2.75, 3.05) is 7.05 Å². The van der Waals surface area contributed by atoms with E-state index in [1.54, 1.807) is 18.9 Å². The molecule has 4 nitrogen and oxygen atoms in total. The van der Waals surface area contributed by atoms with Crippen LogP contribution in [0.2, 0.25) is 0 Å². The molecule has 2 aromatic carbocycles. The first-order chi connectivity index (χ1) is 11.5. The van der Waals surface area contributed by atoms with E-state index < -0.39 is 6.04 Å². The number of nitrogens with one attached hydrogen (secondary N) is 1. The van der Waals surface area contributed by atoms with Crippen molar-refractivity contribution in [1.29, 1.82) is 0 Å². The van der Waals surface area contributed by atoms with Crippen LogP contribution in [0.15, 0.2) is 54.6 Å². The quantitative estimate of drug-likeness (QED) is 0.888. The molecule has 4 heteroatoms. The molecule has 1 N–H and O–H groups in total. The first-order valence-corrected chi connectivity index (χ1v) is 8.12. The van der Waals surface area contributed by atoms with Gasteiger partial charge < -0.3 is 10.2 Å². The predicted octanol–water partition coefficient (Wildman–Crippen LogP) is 2.70. The van der Waals surface area contributed by atoms with Gasteiger partial charge in [0.2, 0.25) is 11.8 Å². The number of hydrogen-bond donors (Lipinski definition) is 1. The Balaban J connectivity index is 2.20. The van der Waals surface area contributed by atoms with Crippen molar-refractivity contribution in [2.24, 2.45) is 0 Å². The standard InChI is InChI=1S/C20H24N2O2/c1-15-8-7-11-18(12-15)13-19(23)22(16(2)20(24)21-3)14-17-9-5-4-6-10-17/h4-12,16H,13-14H2,1-3H3,(H,21,24). The lowest BCUT2D eigenvalue weighted by Gasteiger charge is -2.28. The number of hydrogen-bond acceptors (Lipinski definition) is 2. The lowest BCUT2D eigenvalue weighted by atomic mass is 10.1. The summed E-state index contributed by atoms with van der Waals surface area (Å²) in [4.78, 5) is 26.5. The average molecular weight is 324 g/mol. The smallest absolute Gasteiger partial charge is 0.242 e. The molecule has 0 heterocycles. The molecule has 24 heavy (non-hydrogen) atoms. The van der Waals surface area contributed by atoms with Gasteiger partial charge >= 0.3 is 0 Å². The molecule has 126 valence electrons. The number of carbonyl (C=O) groups is 2. The zero-order valence-electron chi connectivity index (χ0n) is 14.5. The van der Waals surface area contributed by atoms with Crippen molar-refractivity contribution in [3.8, 4) is 0 Å². The van der Waals surface area contributed by atoms with E-state index in [1.165, 1.54) is 0 Å². The van der Waals surface area contributed by atoms with E-state index in [2.05, 4.69) is 5.32 Å². The van der Waals surface area contributed by atoms with Crippen molar-refractivity contribution in [3.63, 3.8) is 0 Å². The minimum atomic E-state index is -0.521. The van der Waals surface area contributed by atoms with E-state index in [4.69, 9.17) is 0 Å². The van der Waals surface area contributed by atoms with Gasteiger partial charge in [0.05, 0.1) is 6.42 Å². The number of carbonyl (C=O) groups excluding carboxylic acids is 2. The van der Waals surface area contributed by atoms with Crippen LogP contribution in [-0.4, -0.2) is 29.8 Å². The van der Waals surface area contributed by atoms with Gasteiger partial charge in [-0.15, -0.1) is 0 Å². The van der Waals surface area contributed by atoms with Gasteiger partial charge in [-0.25, -0.2) is 0 Å². The van der Waals surface area contributed by atoms with Gasteiger partial charge in [0.15, 0.2) is 0 Å². The van der Waals surface area contributed by atoms with Crippen LogP contribution >= 0.6 is 0 Å². The molecule has 0 aliphatic carbocycles. The summed E-state index contributed by atoms with van der Waals surface area (Å²) in [5, 5.41) is 2.63. The van der Waals surface area contributed by atoms with E-state index in [0.717, 1.165) is 16.7 Å². The molecular weight excluding hydrogens is 300 g/mol. The number of amides is 2. The second kappa shape index (κ2) is 8.29. The third-order valence-corrected chi connectivity index (χ3v) is 4.05. The third-order valence-electron chi connectivity index (χ3n) is 4.05. The third kappa shape index (κ3) is 4.69. The molecule has 2 aromatic rings. The Morgan fingerprint density at radius 3 is 2.33 bits per heavy atom. The van der Waals surface area contributed by atoms with E-state index in [0.29, 0.717) is 6.54 Å². The van der Waals surface area contributed by atoms with Gasteiger partial charge in [0.25, 0.3) is 0 Å². The zero-order valence-corrected chi connectivity index (χ0v) is 14.5. The van der Waals surface area contributed by atoms with Crippen molar-refractivity contribution < 1.29 is 9.59 Å². The minimum Gasteiger partial charge on any atom is -0.357 e. The highest BCUT2D eigenvalue weighted by molar-refractivity contribution is 5.88. The Labute approximate surface area is 143 Å². The van der Waals surface area contributed by atoms with E-state index in [-0.39, 0.29) is 18.2 Å². The highest BCUT2D eigenvalue weighted by atomic mass is 16.2. The number of benzene rings is 2. The monoisotopic (exact) mass is 324 g/mol. The van der Waals surface area contributed by atoms with Crippen LogP contribution in [0.4, 0.5) is 0 Å². The molecule has 0 spiro atoms. The normalized spacial score (nSPS) is 11.6. The van der Waals surface area contributed by atoms with Crippen molar-refractivity contribution >= 4 is 11.8 Å². The SMILES string of the molecule is CNC(=O)C(C)N(Cc1ccccc1)C(=O)Cc1cccc(C)c1. The number of rotatable bonds is 6. The Hall–Kier alpha value is -2.62. The van der Waals surface area contributed by atoms with Crippen LogP contribution in [0.5, 0.6) is 0 Å². The molecule has 0 bridgehead atoms. The van der Waals surface area contributed by atoms with Crippen LogP contribution in [0, 0.1) is 6.92 Å². The summed E-state index contributed by atoms with van der Waals surface area (Å²) < 4.78 is 0. The number of nitrogens with zero attached hydrogens (tertiary/aromatic N) is 1. The molecular formula is C20H24N2O2. The van der Waals surface area contributed by atoms with Crippen LogP contribution in [0.25, 0.3) is 0 Å². The molecule has 1 unspecified atom stereocenters. The Bertz CT molecular complexity index is 698. The second-order valence-electron chi connectivity index (χ2n) is 5.96. The molecule has 1 atom stereocenters. The van der Waals surface area contributed by atoms with Gasteiger partial charge in [-0.1, -0.05) is 60.2 Å². The number of aryl methyl sites for hydroxylation is 1. The fourth-order valence-corrected chi connectivity index (χ4v) is 2.67. The van der Waals surface area contributed by atoms with Crippen LogP contribution in [0.3, 0.4) is 0 Å². The van der Waals surface area contributed by atoms with Gasteiger partial charge in [0.1, 0.15) is 6.04 Å². The molecule has 0 aromatic heterocycles. The van der Waals surface area contributed by atoms with Crippen LogP contribution < -0.4 is 5.32 Å². The lowest BCUT2D eigenvalue weighted by Crippen LogP contribution is -2.47. The summed E-state index contributed by atoms with van der Waals surface area (Å²) in [6, 6.07) is 17.1. The molecule has 2 amide bonds. The molecule has 0 saturated carbocycles. The first kappa shape index (κ1) is 17.7. The predicted molar refractivity (Wildman–Crippen MR) is 95.4 cm³/mol. The summed E-state index contributed by atoms with van der Waals surface area (Å²) in [7, 11) is 1.59. The van der Waals surface area contributed by atoms with Crippen molar-refractivity contribution in [3.05, 3.63) is 71.3 Å². The molecule has 2 rings (SSSR count). The van der Waals surface area contributed by atoms with Crippen LogP contribution in [-0.2, 0) is 22.6 Å². The van der Waals surface area contributed by atoms with Gasteiger partial charge in [-0.05, 0) is 25.0 Å². The Morgan fingerprint density at radius 2 is 1.71 bits per heavy atom. The second-order valence-corrected chi connectivity index (χ2v) is 5.96. The fourth-order valence-electron chi connectivity index (χ4n) is 2.67. The first-order valence-electron chi connectivity index (χ1n) is 8.12. The maximum atomic E-state index is 12.8. The maximum absolute atomic E-state index is 12.8. The fraction of sp³-hybridized carbons (Fsp3) is 0.300. The number of likely N-dealkylation sites (N-methyl/N-ethyl adjacent to an activating group) is 1. The Kier molecular flexibility index (Phi) is 6.13. The summed E-state index contributed by atoms with van der Waals surface area (Å²) in [5.41, 5.74) is 3.09. The molecule has 0 radical (unpaired) electrons. The van der Waals surface area contributed by atoms with Gasteiger partial charge in [-0.2, -0.15) is 0 Å². The zero-order chi connectivity index (χ0) is 17.5. The van der Waals surface area contributed by atoms with Crippen molar-refractivity contribution in [1.82, 2.24) is 10.2 Å². The maximum Gasteiger partial charge on any atom is 0.242 e. The van der Waals surface area contributed by atoms with E-state index in [9.17, 15) is 9.59 Å². The average Bonchev–Trinajstić information content (AvgIpc) is 2.59. The molecule has 0 fully saturated rings. The minimum absolute atomic E-state index is 0.0550. The van der Waals surface area contributed by atoms with Gasteiger partial charge in [0, 0.05) is 13.6 Å². The largest absolute Gasteiger partial charge is 0.357 e. The van der Waals surface area contributed by atoms with Crippen molar-refractivity contribution in [2.45, 2.75) is 32.9 Å². The Morgan fingerprint density at radius 1 is 1.04 bits per heavy atom. The summed E-state index contributed by atoms with van der Waals surface area (Å²) >= 11 is 0. The van der Waals surface area contributed by atoms with E-state index in [1.807, 2.05) is 61.5 Å². The summed E-state index contributed by atoms with van der Waals surface area (Å²) in [6.45, 7) is 4.18. The summed E-state index contributed by atoms with van der Waals surface area (Å²) in [6.07, 6.45) is 0.288. The lowest BCUT2D eigenvalue weighted by molar-refractivity contribution is -0.139. The molecule has 0 aliphatic heterocycles. The topological polar surface area (TPSA) is 49.4 Å². The van der Waals surface area contributed by atoms with Crippen LogP contribution in [0.1, 0.15) is 23.6 Å². The molecule has 0 saturated heterocycles. The van der Waals surface area contributed by atoms with E-state index >= 15 is 0 Å².